The summed E-state index contributed by atoms with van der Waals surface area (Å²) >= 11 is 9.24. The second-order valence-electron chi connectivity index (χ2n) is 13.9. The number of amides is 2. The summed E-state index contributed by atoms with van der Waals surface area (Å²) in [5.41, 5.74) is 5.60. The van der Waals surface area contributed by atoms with Crippen LogP contribution < -0.4 is 16.4 Å². The zero-order valence-corrected chi connectivity index (χ0v) is 33.7. The lowest BCUT2D eigenvalue weighted by Gasteiger charge is -2.29. The molecule has 22 nitrogen and oxygen atoms in total. The lowest BCUT2D eigenvalue weighted by atomic mass is 10.1. The van der Waals surface area contributed by atoms with E-state index >= 15 is 8.78 Å². The van der Waals surface area contributed by atoms with Gasteiger partial charge >= 0.3 is 19.6 Å². The molecule has 10 atom stereocenters. The number of thiol groups is 1. The molecular weight excluding hydrogens is 842 g/mol. The van der Waals surface area contributed by atoms with Crippen LogP contribution >= 0.6 is 25.8 Å². The summed E-state index contributed by atoms with van der Waals surface area (Å²) in [6.07, 6.45) is -9.00. The second-order valence-corrected chi connectivity index (χ2v) is 19.6. The summed E-state index contributed by atoms with van der Waals surface area (Å²) in [4.78, 5) is 60.2. The molecule has 0 aromatic carbocycles. The van der Waals surface area contributed by atoms with Crippen molar-refractivity contribution in [2.24, 2.45) is 0 Å². The number of nitrogens with two attached hydrogens (primary N) is 1. The molecule has 3 fully saturated rings. The Morgan fingerprint density at radius 3 is 2.19 bits per heavy atom. The van der Waals surface area contributed by atoms with E-state index in [-0.39, 0.29) is 53.3 Å². The maximum Gasteiger partial charge on any atom is 0.407 e. The average molecular weight is 880 g/mol. The SMILES string of the molecule is CC(C)(C)OC(=O)NCCCC(=O)Nc1ncnc2c1ncn2[C@@H]1O[C@@H]2COP(O)(=S)OC3[C@@H](F)[C@H](n4cnc5c(N)ncnc54)O[C@@H]3COP(=O)(S)OC2[C@H]1F. The van der Waals surface area contributed by atoms with Crippen LogP contribution in [0.15, 0.2) is 25.3 Å². The Kier molecular flexibility index (Phi) is 11.9. The lowest BCUT2D eigenvalue weighted by molar-refractivity contribution is -0.116. The van der Waals surface area contributed by atoms with Crippen molar-refractivity contribution < 1.29 is 60.1 Å². The summed E-state index contributed by atoms with van der Waals surface area (Å²) in [6, 6.07) is 0. The quantitative estimate of drug-likeness (QED) is 0.101. The van der Waals surface area contributed by atoms with Crippen LogP contribution in [0, 0.1) is 0 Å². The van der Waals surface area contributed by atoms with Crippen LogP contribution in [-0.2, 0) is 53.5 Å². The van der Waals surface area contributed by atoms with Crippen molar-refractivity contribution in [2.75, 3.05) is 30.8 Å². The molecule has 28 heteroatoms. The van der Waals surface area contributed by atoms with Crippen LogP contribution in [0.3, 0.4) is 0 Å². The molecule has 3 saturated heterocycles. The zero-order chi connectivity index (χ0) is 40.9. The predicted molar refractivity (Wildman–Crippen MR) is 200 cm³/mol. The molecule has 57 heavy (non-hydrogen) atoms. The normalized spacial score (nSPS) is 32.3. The first-order chi connectivity index (χ1) is 26.9. The van der Waals surface area contributed by atoms with Gasteiger partial charge in [-0.25, -0.2) is 48.0 Å². The van der Waals surface area contributed by atoms with E-state index in [4.69, 9.17) is 49.8 Å². The highest BCUT2D eigenvalue weighted by Gasteiger charge is 2.54. The highest BCUT2D eigenvalue weighted by Crippen LogP contribution is 2.58. The number of alkyl halides is 2. The van der Waals surface area contributed by atoms with Crippen molar-refractivity contribution in [1.82, 2.24) is 44.4 Å². The first kappa shape index (κ1) is 41.6. The van der Waals surface area contributed by atoms with Crippen molar-refractivity contribution in [3.63, 3.8) is 0 Å². The molecule has 4 aromatic heterocycles. The molecule has 2 amide bonds. The van der Waals surface area contributed by atoms with Crippen molar-refractivity contribution in [3.8, 4) is 0 Å². The van der Waals surface area contributed by atoms with Gasteiger partial charge in [-0.2, -0.15) is 0 Å². The number of rotatable bonds is 7. The highest BCUT2D eigenvalue weighted by molar-refractivity contribution is 8.44. The summed E-state index contributed by atoms with van der Waals surface area (Å²) in [6.45, 7) is -4.83. The number of aromatic nitrogens is 8. The number of ether oxygens (including phenoxy) is 3. The van der Waals surface area contributed by atoms with Gasteiger partial charge in [0, 0.05) is 13.0 Å². The van der Waals surface area contributed by atoms with E-state index < -0.39 is 93.5 Å². The number of halogens is 2. The number of nitrogen functional groups attached to an aromatic ring is 1. The van der Waals surface area contributed by atoms with Gasteiger partial charge in [0.05, 0.1) is 25.9 Å². The van der Waals surface area contributed by atoms with Crippen LogP contribution in [0.4, 0.5) is 25.2 Å². The molecule has 4 aromatic rings. The first-order valence-corrected chi connectivity index (χ1v) is 22.5. The minimum absolute atomic E-state index is 0.00134. The molecule has 7 rings (SSSR count). The maximum absolute atomic E-state index is 16.4. The number of carbonyl (C=O) groups is 2. The van der Waals surface area contributed by atoms with E-state index in [0.29, 0.717) is 0 Å². The molecule has 0 bridgehead atoms. The fourth-order valence-corrected chi connectivity index (χ4v) is 9.11. The molecule has 4 unspecified atom stereocenters. The van der Waals surface area contributed by atoms with Gasteiger partial charge in [-0.3, -0.25) is 27.5 Å². The van der Waals surface area contributed by atoms with Crippen LogP contribution in [0.1, 0.15) is 46.1 Å². The van der Waals surface area contributed by atoms with Gasteiger partial charge < -0.3 is 40.0 Å². The van der Waals surface area contributed by atoms with Crippen LogP contribution in [0.2, 0.25) is 0 Å². The molecule has 0 saturated carbocycles. The largest absolute Gasteiger partial charge is 0.444 e. The Morgan fingerprint density at radius 2 is 1.54 bits per heavy atom. The van der Waals surface area contributed by atoms with E-state index in [9.17, 15) is 19.0 Å². The summed E-state index contributed by atoms with van der Waals surface area (Å²) in [5.74, 6) is -0.409. The van der Waals surface area contributed by atoms with Crippen molar-refractivity contribution in [3.05, 3.63) is 25.3 Å². The molecule has 0 spiro atoms. The summed E-state index contributed by atoms with van der Waals surface area (Å²) in [5, 5.41) is 5.19. The van der Waals surface area contributed by atoms with Gasteiger partial charge in [-0.1, -0.05) is 12.2 Å². The third-order valence-corrected chi connectivity index (χ3v) is 11.8. The minimum atomic E-state index is -4.48. The van der Waals surface area contributed by atoms with Gasteiger partial charge in [0.15, 0.2) is 53.2 Å². The molecule has 3 aliphatic rings. The van der Waals surface area contributed by atoms with Crippen LogP contribution in [0.25, 0.3) is 22.3 Å². The van der Waals surface area contributed by atoms with Crippen LogP contribution in [-0.4, -0.2) is 118 Å². The lowest BCUT2D eigenvalue weighted by Crippen LogP contribution is -2.37. The number of nitrogens with zero attached hydrogens (tertiary/aromatic N) is 8. The standard InChI is InChI=1S/C29H37F2N11O11P2S2/c1-29(2,3)51-28(44)33-6-4-5-15(43)40-23-19-25(37-10-35-23)42(12-39-19)27-17(31)21-14(50-27)8-48-54(45,56)52-20-13(7-47-55(46,57)53-21)49-26(16(20)30)41-11-38-18-22(32)34-9-36-24(18)41/h9-14,16-17,20-21,26-27H,4-8H2,1-3H3,(H,33,44)(H,45,56)(H,46,57)(H2,32,34,36)(H,35,37,40,43)/t13-,14-,16-,17-,20?,21?,26-,27-,54?,55?/m1/s1. The van der Waals surface area contributed by atoms with Crippen LogP contribution in [0.5, 0.6) is 0 Å². The van der Waals surface area contributed by atoms with Crippen molar-refractivity contribution in [2.45, 2.75) is 88.4 Å². The number of hydrogen-bond acceptors (Lipinski definition) is 18. The number of anilines is 2. The number of hydrogen-bond donors (Lipinski definition) is 5. The number of alkyl carbamates (subject to hydrolysis) is 1. The van der Waals surface area contributed by atoms with Gasteiger partial charge in [0.1, 0.15) is 48.2 Å². The molecule has 7 heterocycles. The van der Waals surface area contributed by atoms with Gasteiger partial charge in [0.25, 0.3) is 0 Å². The van der Waals surface area contributed by atoms with E-state index in [2.05, 4.69) is 52.8 Å². The van der Waals surface area contributed by atoms with Crippen molar-refractivity contribution >= 4 is 83.5 Å². The fourth-order valence-electron chi connectivity index (χ4n) is 6.19. The molecule has 0 radical (unpaired) electrons. The Labute approximate surface area is 331 Å². The molecule has 5 N–H and O–H groups in total. The molecule has 0 aliphatic carbocycles. The smallest absolute Gasteiger partial charge is 0.407 e. The molecule has 310 valence electrons. The fraction of sp³-hybridized carbons (Fsp3) is 0.586. The summed E-state index contributed by atoms with van der Waals surface area (Å²) < 4.78 is 87.7. The number of carbonyl (C=O) groups excluding carboxylic acids is 2. The number of fused-ring (bicyclic) bond motifs is 4. The van der Waals surface area contributed by atoms with E-state index in [1.807, 2.05) is 0 Å². The Hall–Kier alpha value is -3.55. The topological polar surface area (TPSA) is 273 Å². The van der Waals surface area contributed by atoms with Gasteiger partial charge in [0.2, 0.25) is 5.91 Å². The molecular formula is C29H37F2N11O11P2S2. The Bertz CT molecular complexity index is 2250. The predicted octanol–water partition coefficient (Wildman–Crippen LogP) is 3.03. The third-order valence-electron chi connectivity index (χ3n) is 8.65. The summed E-state index contributed by atoms with van der Waals surface area (Å²) in [7, 11) is 0. The monoisotopic (exact) mass is 879 g/mol. The van der Waals surface area contributed by atoms with Gasteiger partial charge in [-0.15, -0.1) is 0 Å². The average Bonchev–Trinajstić information content (AvgIpc) is 3.89. The maximum atomic E-state index is 16.4. The minimum Gasteiger partial charge on any atom is -0.444 e. The molecule has 3 aliphatic heterocycles. The van der Waals surface area contributed by atoms with E-state index in [1.165, 1.54) is 21.8 Å². The zero-order valence-electron chi connectivity index (χ0n) is 30.2. The first-order valence-electron chi connectivity index (χ1n) is 17.2. The second kappa shape index (κ2) is 16.2. The Balaban J connectivity index is 1.04. The van der Waals surface area contributed by atoms with E-state index in [1.54, 1.807) is 20.8 Å². The third kappa shape index (κ3) is 9.20. The number of nitrogens with one attached hydrogen (secondary N) is 2. The van der Waals surface area contributed by atoms with Gasteiger partial charge in [-0.05, 0) is 39.0 Å². The highest BCUT2D eigenvalue weighted by atomic mass is 32.7. The Morgan fingerprint density at radius 1 is 0.965 bits per heavy atom. The van der Waals surface area contributed by atoms with Crippen molar-refractivity contribution in [1.29, 1.82) is 0 Å². The van der Waals surface area contributed by atoms with E-state index in [0.717, 1.165) is 12.7 Å². The number of imidazole rings is 2.